The molecule has 1 saturated carbocycles. The summed E-state index contributed by atoms with van der Waals surface area (Å²) < 4.78 is 0. The zero-order chi connectivity index (χ0) is 14.1. The summed E-state index contributed by atoms with van der Waals surface area (Å²) in [6.45, 7) is 0.916. The number of carbonyl (C=O) groups excluding carboxylic acids is 1. The van der Waals surface area contributed by atoms with Gasteiger partial charge in [0.25, 0.3) is 0 Å². The van der Waals surface area contributed by atoms with E-state index >= 15 is 0 Å². The zero-order valence-corrected chi connectivity index (χ0v) is 11.0. The number of aromatic nitrogens is 1. The molecule has 1 aromatic heterocycles. The second-order valence-electron chi connectivity index (χ2n) is 5.47. The molecule has 106 valence electrons. The lowest BCUT2D eigenvalue weighted by Gasteiger charge is -2.17. The third-order valence-corrected chi connectivity index (χ3v) is 4.28. The smallest absolute Gasteiger partial charge is 0.354 e. The molecule has 3 N–H and O–H groups in total. The number of rotatable bonds is 3. The minimum absolute atomic E-state index is 0.0298. The zero-order valence-electron chi connectivity index (χ0n) is 11.0. The summed E-state index contributed by atoms with van der Waals surface area (Å²) in [6.07, 6.45) is 4.89. The molecule has 3 rings (SSSR count). The van der Waals surface area contributed by atoms with Crippen LogP contribution in [0, 0.1) is 11.8 Å². The van der Waals surface area contributed by atoms with Crippen molar-refractivity contribution >= 4 is 17.6 Å². The Morgan fingerprint density at radius 2 is 2.20 bits per heavy atom. The molecule has 20 heavy (non-hydrogen) atoms. The number of hydrogen-bond acceptors (Lipinski definition) is 4. The van der Waals surface area contributed by atoms with Crippen LogP contribution in [-0.2, 0) is 4.79 Å². The molecule has 1 aromatic rings. The maximum absolute atomic E-state index is 12.3. The van der Waals surface area contributed by atoms with Crippen LogP contribution in [0.1, 0.15) is 29.8 Å². The molecule has 2 fully saturated rings. The number of carboxylic acids is 1. The molecular weight excluding hydrogens is 258 g/mol. The molecule has 1 aliphatic carbocycles. The molecule has 0 radical (unpaired) electrons. The highest BCUT2D eigenvalue weighted by Gasteiger charge is 2.42. The van der Waals surface area contributed by atoms with E-state index in [4.69, 9.17) is 5.11 Å². The summed E-state index contributed by atoms with van der Waals surface area (Å²) in [6, 6.07) is 2.81. The predicted molar refractivity (Wildman–Crippen MR) is 72.4 cm³/mol. The van der Waals surface area contributed by atoms with Gasteiger partial charge in [0.2, 0.25) is 5.91 Å². The summed E-state index contributed by atoms with van der Waals surface area (Å²) in [5.74, 6) is -0.0714. The minimum Gasteiger partial charge on any atom is -0.477 e. The van der Waals surface area contributed by atoms with Gasteiger partial charge in [0, 0.05) is 0 Å². The summed E-state index contributed by atoms with van der Waals surface area (Å²) in [5, 5.41) is 14.9. The number of nitrogens with zero attached hydrogens (tertiary/aromatic N) is 1. The van der Waals surface area contributed by atoms with Crippen molar-refractivity contribution in [2.75, 3.05) is 11.9 Å². The third-order valence-electron chi connectivity index (χ3n) is 4.28. The number of nitrogens with one attached hydrogen (secondary N) is 2. The predicted octanol–water partition coefficient (Wildman–Crippen LogP) is 1.11. The Morgan fingerprint density at radius 1 is 1.35 bits per heavy atom. The van der Waals surface area contributed by atoms with Crippen molar-refractivity contribution in [3.05, 3.63) is 24.0 Å². The van der Waals surface area contributed by atoms with Crippen LogP contribution in [0.2, 0.25) is 0 Å². The van der Waals surface area contributed by atoms with Gasteiger partial charge in [0.05, 0.1) is 17.9 Å². The van der Waals surface area contributed by atoms with Crippen molar-refractivity contribution in [1.82, 2.24) is 10.3 Å². The van der Waals surface area contributed by atoms with Crippen molar-refractivity contribution in [3.63, 3.8) is 0 Å². The normalized spacial score (nSPS) is 28.1. The summed E-state index contributed by atoms with van der Waals surface area (Å²) in [4.78, 5) is 26.8. The van der Waals surface area contributed by atoms with Crippen molar-refractivity contribution in [1.29, 1.82) is 0 Å². The Balaban J connectivity index is 1.65. The Labute approximate surface area is 116 Å². The van der Waals surface area contributed by atoms with E-state index < -0.39 is 5.97 Å². The number of hydrogen-bond donors (Lipinski definition) is 3. The molecule has 3 unspecified atom stereocenters. The average Bonchev–Trinajstić information content (AvgIpc) is 3.01. The standard InChI is InChI=1S/C14H17N3O3/c18-13(12-10-3-1-2-8(10)6-16-12)17-9-4-5-11(14(19)20)15-7-9/h4-5,7-8,10,12,16H,1-3,6H2,(H,17,18)(H,19,20). The molecule has 1 amide bonds. The van der Waals surface area contributed by atoms with Crippen molar-refractivity contribution < 1.29 is 14.7 Å². The lowest BCUT2D eigenvalue weighted by molar-refractivity contribution is -0.118. The molecule has 2 aliphatic rings. The molecule has 6 heteroatoms. The van der Waals surface area contributed by atoms with Crippen LogP contribution in [-0.4, -0.2) is 34.6 Å². The Kier molecular flexibility index (Phi) is 3.40. The maximum atomic E-state index is 12.3. The lowest BCUT2D eigenvalue weighted by atomic mass is 9.93. The number of aromatic carboxylic acids is 1. The van der Waals surface area contributed by atoms with Gasteiger partial charge in [-0.3, -0.25) is 4.79 Å². The van der Waals surface area contributed by atoms with E-state index in [2.05, 4.69) is 15.6 Å². The summed E-state index contributed by atoms with van der Waals surface area (Å²) in [5.41, 5.74) is 0.501. The van der Waals surface area contributed by atoms with Gasteiger partial charge in [-0.2, -0.15) is 0 Å². The quantitative estimate of drug-likeness (QED) is 0.768. The molecule has 6 nitrogen and oxygen atoms in total. The molecule has 1 saturated heterocycles. The second-order valence-corrected chi connectivity index (χ2v) is 5.47. The summed E-state index contributed by atoms with van der Waals surface area (Å²) in [7, 11) is 0. The topological polar surface area (TPSA) is 91.3 Å². The maximum Gasteiger partial charge on any atom is 0.354 e. The van der Waals surface area contributed by atoms with Gasteiger partial charge in [0.15, 0.2) is 0 Å². The molecule has 0 bridgehead atoms. The van der Waals surface area contributed by atoms with E-state index in [0.29, 0.717) is 17.5 Å². The van der Waals surface area contributed by atoms with Crippen LogP contribution in [0.15, 0.2) is 18.3 Å². The molecule has 3 atom stereocenters. The highest BCUT2D eigenvalue weighted by atomic mass is 16.4. The van der Waals surface area contributed by atoms with E-state index in [9.17, 15) is 9.59 Å². The highest BCUT2D eigenvalue weighted by Crippen LogP contribution is 2.37. The fourth-order valence-electron chi connectivity index (χ4n) is 3.29. The van der Waals surface area contributed by atoms with Crippen LogP contribution < -0.4 is 10.6 Å². The van der Waals surface area contributed by atoms with Crippen LogP contribution in [0.4, 0.5) is 5.69 Å². The largest absolute Gasteiger partial charge is 0.477 e. The second kappa shape index (κ2) is 5.20. The third kappa shape index (κ3) is 2.38. The van der Waals surface area contributed by atoms with E-state index in [1.807, 2.05) is 0 Å². The molecule has 1 aliphatic heterocycles. The van der Waals surface area contributed by atoms with Crippen molar-refractivity contribution in [2.24, 2.45) is 11.8 Å². The number of anilines is 1. The molecule has 2 heterocycles. The van der Waals surface area contributed by atoms with E-state index in [0.717, 1.165) is 13.0 Å². The number of carboxylic acid groups (broad SMARTS) is 1. The Morgan fingerprint density at radius 3 is 2.90 bits per heavy atom. The van der Waals surface area contributed by atoms with Gasteiger partial charge < -0.3 is 15.7 Å². The highest BCUT2D eigenvalue weighted by molar-refractivity contribution is 5.95. The van der Waals surface area contributed by atoms with Gasteiger partial charge in [-0.05, 0) is 43.4 Å². The summed E-state index contributed by atoms with van der Waals surface area (Å²) >= 11 is 0. The van der Waals surface area contributed by atoms with Crippen LogP contribution in [0.25, 0.3) is 0 Å². The van der Waals surface area contributed by atoms with Crippen LogP contribution in [0.5, 0.6) is 0 Å². The van der Waals surface area contributed by atoms with E-state index in [1.54, 1.807) is 6.07 Å². The van der Waals surface area contributed by atoms with Gasteiger partial charge >= 0.3 is 5.97 Å². The fourth-order valence-corrected chi connectivity index (χ4v) is 3.29. The first-order chi connectivity index (χ1) is 9.65. The number of fused-ring (bicyclic) bond motifs is 1. The van der Waals surface area contributed by atoms with E-state index in [-0.39, 0.29) is 17.6 Å². The van der Waals surface area contributed by atoms with E-state index in [1.165, 1.54) is 25.1 Å². The Bertz CT molecular complexity index is 529. The molecule has 0 aromatic carbocycles. The fraction of sp³-hybridized carbons (Fsp3) is 0.500. The number of carbonyl (C=O) groups is 2. The SMILES string of the molecule is O=C(O)c1ccc(NC(=O)C2NCC3CCCC32)cn1. The van der Waals surface area contributed by atoms with Gasteiger partial charge in [-0.1, -0.05) is 6.42 Å². The van der Waals surface area contributed by atoms with Gasteiger partial charge in [-0.25, -0.2) is 9.78 Å². The average molecular weight is 275 g/mol. The Hall–Kier alpha value is -1.95. The first kappa shape index (κ1) is 13.1. The minimum atomic E-state index is -1.07. The molecular formula is C14H17N3O3. The number of pyridine rings is 1. The number of amides is 1. The van der Waals surface area contributed by atoms with Crippen LogP contribution in [0.3, 0.4) is 0 Å². The van der Waals surface area contributed by atoms with Crippen LogP contribution >= 0.6 is 0 Å². The monoisotopic (exact) mass is 275 g/mol. The van der Waals surface area contributed by atoms with Gasteiger partial charge in [0.1, 0.15) is 5.69 Å². The van der Waals surface area contributed by atoms with Gasteiger partial charge in [-0.15, -0.1) is 0 Å². The van der Waals surface area contributed by atoms with Crippen molar-refractivity contribution in [2.45, 2.75) is 25.3 Å². The first-order valence-electron chi connectivity index (χ1n) is 6.89. The first-order valence-corrected chi connectivity index (χ1v) is 6.89. The molecule has 0 spiro atoms. The van der Waals surface area contributed by atoms with Crippen molar-refractivity contribution in [3.8, 4) is 0 Å². The lowest BCUT2D eigenvalue weighted by Crippen LogP contribution is -2.39.